The average molecular weight is 318 g/mol. The van der Waals surface area contributed by atoms with Crippen LogP contribution in [0.5, 0.6) is 0 Å². The number of aliphatic hydroxyl groups is 1. The summed E-state index contributed by atoms with van der Waals surface area (Å²) in [6.07, 6.45) is 6.48. The van der Waals surface area contributed by atoms with Crippen LogP contribution >= 0.6 is 0 Å². The Kier molecular flexibility index (Phi) is 7.07. The minimum Gasteiger partial charge on any atom is -0.395 e. The predicted molar refractivity (Wildman–Crippen MR) is 88.6 cm³/mol. The molecule has 0 radical (unpaired) electrons. The van der Waals surface area contributed by atoms with Crippen molar-refractivity contribution in [2.75, 3.05) is 13.2 Å². The minimum atomic E-state index is -0.563. The summed E-state index contributed by atoms with van der Waals surface area (Å²) in [5, 5.41) is 12.0. The minimum absolute atomic E-state index is 0.0988. The van der Waals surface area contributed by atoms with Crippen molar-refractivity contribution < 1.29 is 14.7 Å². The fraction of sp³-hybridized carbons (Fsp3) is 0.556. The zero-order valence-corrected chi connectivity index (χ0v) is 13.5. The van der Waals surface area contributed by atoms with Gasteiger partial charge in [0.05, 0.1) is 6.61 Å². The molecule has 0 aliphatic heterocycles. The van der Waals surface area contributed by atoms with E-state index in [4.69, 9.17) is 0 Å². The molecule has 0 atom stereocenters. The van der Waals surface area contributed by atoms with Crippen molar-refractivity contribution in [2.45, 2.75) is 51.1 Å². The van der Waals surface area contributed by atoms with E-state index in [0.29, 0.717) is 6.54 Å². The number of amides is 2. The molecule has 2 rings (SSSR count). The van der Waals surface area contributed by atoms with Gasteiger partial charge in [-0.1, -0.05) is 56.0 Å². The highest BCUT2D eigenvalue weighted by Gasteiger charge is 2.24. The van der Waals surface area contributed by atoms with Crippen molar-refractivity contribution in [1.29, 1.82) is 0 Å². The highest BCUT2D eigenvalue weighted by atomic mass is 16.3. The monoisotopic (exact) mass is 318 g/mol. The second kappa shape index (κ2) is 9.30. The number of aliphatic hydroxyl groups excluding tert-OH is 1. The maximum Gasteiger partial charge on any atom is 0.312 e. The van der Waals surface area contributed by atoms with Crippen molar-refractivity contribution in [1.82, 2.24) is 10.2 Å². The number of carbonyl (C=O) groups is 2. The second-order valence-corrected chi connectivity index (χ2v) is 6.10. The molecule has 1 saturated carbocycles. The van der Waals surface area contributed by atoms with Crippen molar-refractivity contribution in [2.24, 2.45) is 0 Å². The smallest absolute Gasteiger partial charge is 0.312 e. The third-order valence-corrected chi connectivity index (χ3v) is 4.26. The Morgan fingerprint density at radius 1 is 1.09 bits per heavy atom. The second-order valence-electron chi connectivity index (χ2n) is 6.10. The van der Waals surface area contributed by atoms with Crippen LogP contribution in [0.4, 0.5) is 0 Å². The fourth-order valence-electron chi connectivity index (χ4n) is 2.99. The van der Waals surface area contributed by atoms with Gasteiger partial charge in [0.1, 0.15) is 0 Å². The van der Waals surface area contributed by atoms with Gasteiger partial charge in [0.15, 0.2) is 0 Å². The summed E-state index contributed by atoms with van der Waals surface area (Å²) >= 11 is 0. The van der Waals surface area contributed by atoms with Crippen molar-refractivity contribution in [3.8, 4) is 0 Å². The largest absolute Gasteiger partial charge is 0.395 e. The van der Waals surface area contributed by atoms with Gasteiger partial charge in [-0.15, -0.1) is 0 Å². The number of nitrogens with one attached hydrogen (secondary N) is 1. The first-order valence-electron chi connectivity index (χ1n) is 8.45. The molecule has 2 N–H and O–H groups in total. The molecular weight excluding hydrogens is 292 g/mol. The molecule has 5 nitrogen and oxygen atoms in total. The summed E-state index contributed by atoms with van der Waals surface area (Å²) < 4.78 is 0. The van der Waals surface area contributed by atoms with Crippen LogP contribution in [-0.2, 0) is 16.1 Å². The van der Waals surface area contributed by atoms with E-state index in [1.165, 1.54) is 17.7 Å². The predicted octanol–water partition coefficient (Wildman–Crippen LogP) is 1.85. The molecule has 0 saturated heterocycles. The van der Waals surface area contributed by atoms with Gasteiger partial charge >= 0.3 is 11.8 Å². The summed E-state index contributed by atoms with van der Waals surface area (Å²) in [6.45, 7) is 0.333. The van der Waals surface area contributed by atoms with E-state index in [0.717, 1.165) is 31.2 Å². The lowest BCUT2D eigenvalue weighted by atomic mass is 10.1. The van der Waals surface area contributed by atoms with Crippen LogP contribution in [0.15, 0.2) is 30.3 Å². The van der Waals surface area contributed by atoms with Gasteiger partial charge in [0, 0.05) is 19.1 Å². The molecule has 23 heavy (non-hydrogen) atoms. The first kappa shape index (κ1) is 17.5. The molecule has 0 bridgehead atoms. The highest BCUT2D eigenvalue weighted by molar-refractivity contribution is 6.35. The summed E-state index contributed by atoms with van der Waals surface area (Å²) in [4.78, 5) is 26.1. The SMILES string of the molecule is O=C(NC1CCCCCC1)C(=O)N(CCO)Cc1ccccc1. The summed E-state index contributed by atoms with van der Waals surface area (Å²) in [6, 6.07) is 9.59. The molecule has 1 aromatic rings. The Balaban J connectivity index is 1.94. The molecular formula is C18H26N2O3. The van der Waals surface area contributed by atoms with Crippen molar-refractivity contribution >= 4 is 11.8 Å². The standard InChI is InChI=1S/C18H26N2O3/c21-13-12-20(14-15-8-4-3-5-9-15)18(23)17(22)19-16-10-6-1-2-7-11-16/h3-5,8-9,16,21H,1-2,6-7,10-14H2,(H,19,22). The third-order valence-electron chi connectivity index (χ3n) is 4.26. The van der Waals surface area contributed by atoms with Gasteiger partial charge in [-0.3, -0.25) is 9.59 Å². The van der Waals surface area contributed by atoms with E-state index in [2.05, 4.69) is 5.32 Å². The van der Waals surface area contributed by atoms with E-state index < -0.39 is 11.8 Å². The van der Waals surface area contributed by atoms with Crippen molar-refractivity contribution in [3.63, 3.8) is 0 Å². The molecule has 0 heterocycles. The van der Waals surface area contributed by atoms with Crippen LogP contribution in [0.2, 0.25) is 0 Å². The maximum atomic E-state index is 12.4. The number of benzene rings is 1. The van der Waals surface area contributed by atoms with E-state index in [9.17, 15) is 14.7 Å². The Hall–Kier alpha value is -1.88. The quantitative estimate of drug-likeness (QED) is 0.643. The van der Waals surface area contributed by atoms with Crippen LogP contribution in [0.25, 0.3) is 0 Å². The average Bonchev–Trinajstić information content (AvgIpc) is 2.83. The van der Waals surface area contributed by atoms with Gasteiger partial charge < -0.3 is 15.3 Å². The van der Waals surface area contributed by atoms with Crippen molar-refractivity contribution in [3.05, 3.63) is 35.9 Å². The molecule has 1 fully saturated rings. The number of carbonyl (C=O) groups excluding carboxylic acids is 2. The van der Waals surface area contributed by atoms with Crippen LogP contribution in [-0.4, -0.2) is 41.0 Å². The molecule has 1 aliphatic carbocycles. The molecule has 1 aromatic carbocycles. The maximum absolute atomic E-state index is 12.4. The van der Waals surface area contributed by atoms with Gasteiger partial charge in [0.25, 0.3) is 0 Å². The van der Waals surface area contributed by atoms with Crippen LogP contribution in [0.3, 0.4) is 0 Å². The van der Waals surface area contributed by atoms with Crippen LogP contribution in [0.1, 0.15) is 44.1 Å². The van der Waals surface area contributed by atoms with Crippen LogP contribution < -0.4 is 5.32 Å². The zero-order valence-electron chi connectivity index (χ0n) is 13.5. The first-order valence-corrected chi connectivity index (χ1v) is 8.45. The highest BCUT2D eigenvalue weighted by Crippen LogP contribution is 2.17. The number of hydrogen-bond donors (Lipinski definition) is 2. The van der Waals surface area contributed by atoms with Gasteiger partial charge in [-0.2, -0.15) is 0 Å². The zero-order chi connectivity index (χ0) is 16.5. The first-order chi connectivity index (χ1) is 11.2. The van der Waals surface area contributed by atoms with Crippen LogP contribution in [0, 0.1) is 0 Å². The number of hydrogen-bond acceptors (Lipinski definition) is 3. The van der Waals surface area contributed by atoms with Gasteiger partial charge in [-0.25, -0.2) is 0 Å². The lowest BCUT2D eigenvalue weighted by Gasteiger charge is -2.23. The molecule has 0 unspecified atom stereocenters. The Morgan fingerprint density at radius 2 is 1.74 bits per heavy atom. The summed E-state index contributed by atoms with van der Waals surface area (Å²) in [7, 11) is 0. The molecule has 1 aliphatic rings. The Labute approximate surface area is 137 Å². The Bertz CT molecular complexity index is 496. The summed E-state index contributed by atoms with van der Waals surface area (Å²) in [5.41, 5.74) is 0.941. The van der Waals surface area contributed by atoms with E-state index in [-0.39, 0.29) is 19.2 Å². The molecule has 2 amide bonds. The molecule has 0 spiro atoms. The lowest BCUT2D eigenvalue weighted by Crippen LogP contribution is -2.47. The van der Waals surface area contributed by atoms with E-state index >= 15 is 0 Å². The molecule has 0 aromatic heterocycles. The van der Waals surface area contributed by atoms with E-state index in [1.807, 2.05) is 30.3 Å². The lowest BCUT2D eigenvalue weighted by molar-refractivity contribution is -0.147. The number of rotatable bonds is 5. The van der Waals surface area contributed by atoms with E-state index in [1.54, 1.807) is 0 Å². The molecule has 5 heteroatoms. The van der Waals surface area contributed by atoms with Gasteiger partial charge in [0.2, 0.25) is 0 Å². The number of nitrogens with zero attached hydrogens (tertiary/aromatic N) is 1. The van der Waals surface area contributed by atoms with Gasteiger partial charge in [-0.05, 0) is 18.4 Å². The Morgan fingerprint density at radius 3 is 2.35 bits per heavy atom. The summed E-state index contributed by atoms with van der Waals surface area (Å²) in [5.74, 6) is -1.12. The third kappa shape index (κ3) is 5.67. The normalized spacial score (nSPS) is 15.7. The topological polar surface area (TPSA) is 69.6 Å². The fourth-order valence-corrected chi connectivity index (χ4v) is 2.99. The molecule has 126 valence electrons.